The highest BCUT2D eigenvalue weighted by Crippen LogP contribution is 2.30. The number of allylic oxidation sites excluding steroid dienone is 1. The molecule has 1 aromatic carbocycles. The second kappa shape index (κ2) is 21.6. The van der Waals surface area contributed by atoms with Crippen LogP contribution < -0.4 is 27.0 Å². The molecule has 0 spiro atoms. The van der Waals surface area contributed by atoms with E-state index in [2.05, 4.69) is 26.0 Å². The number of nitrogens with two attached hydrogens (primary N) is 1. The lowest BCUT2D eigenvalue weighted by molar-refractivity contribution is -0.145. The summed E-state index contributed by atoms with van der Waals surface area (Å²) in [6, 6.07) is -0.529. The average Bonchev–Trinajstić information content (AvgIpc) is 3.63. The van der Waals surface area contributed by atoms with Crippen LogP contribution in [0.3, 0.4) is 0 Å². The Balaban J connectivity index is 1.57. The number of ketones is 1. The number of hydrogen-bond acceptors (Lipinski definition) is 10. The summed E-state index contributed by atoms with van der Waals surface area (Å²) >= 11 is 0. The highest BCUT2D eigenvalue weighted by atomic mass is 16.5. The number of methoxy groups -OCH3 is 1. The smallest absolute Gasteiger partial charge is 0.336 e. The molecule has 1 aliphatic heterocycles. The van der Waals surface area contributed by atoms with E-state index in [9.17, 15) is 48.3 Å². The molecule has 17 nitrogen and oxygen atoms in total. The maximum Gasteiger partial charge on any atom is 0.336 e. The number of primary amides is 1. The first-order chi connectivity index (χ1) is 28.4. The summed E-state index contributed by atoms with van der Waals surface area (Å²) in [6.07, 6.45) is 10.5. The van der Waals surface area contributed by atoms with Crippen molar-refractivity contribution in [2.75, 3.05) is 13.7 Å². The lowest BCUT2D eigenvalue weighted by Gasteiger charge is -2.37. The van der Waals surface area contributed by atoms with Crippen LogP contribution in [0.2, 0.25) is 0 Å². The van der Waals surface area contributed by atoms with Crippen LogP contribution in [0.5, 0.6) is 0 Å². The van der Waals surface area contributed by atoms with Crippen molar-refractivity contribution in [2.24, 2.45) is 23.0 Å². The topological polar surface area (TPSA) is 260 Å². The zero-order chi connectivity index (χ0) is 44.1. The molecule has 2 saturated carbocycles. The number of Topliss-reactive ketones (excluding diaryl/α,β-unsaturated/α-hetero) is 1. The number of nitrogens with zero attached hydrogens (tertiary/aromatic N) is 1. The summed E-state index contributed by atoms with van der Waals surface area (Å²) < 4.78 is 4.61. The van der Waals surface area contributed by atoms with Crippen molar-refractivity contribution in [3.63, 3.8) is 0 Å². The molecule has 6 amide bonds. The van der Waals surface area contributed by atoms with E-state index in [-0.39, 0.29) is 42.2 Å². The summed E-state index contributed by atoms with van der Waals surface area (Å²) in [4.78, 5) is 120. The first-order valence-electron chi connectivity index (χ1n) is 20.8. The molecule has 1 saturated heterocycles. The molecule has 0 bridgehead atoms. The minimum atomic E-state index is -1.36. The Morgan fingerprint density at radius 1 is 0.833 bits per heavy atom. The maximum atomic E-state index is 14.5. The molecule has 0 radical (unpaired) electrons. The minimum Gasteiger partial charge on any atom is -0.478 e. The number of ether oxygens (including phenoxy) is 1. The molecule has 3 fully saturated rings. The monoisotopic (exact) mass is 836 g/mol. The van der Waals surface area contributed by atoms with Gasteiger partial charge in [0.05, 0.1) is 24.8 Å². The Bertz CT molecular complexity index is 1810. The van der Waals surface area contributed by atoms with E-state index < -0.39 is 95.3 Å². The van der Waals surface area contributed by atoms with Crippen LogP contribution in [-0.2, 0) is 38.3 Å². The van der Waals surface area contributed by atoms with Crippen molar-refractivity contribution in [2.45, 2.75) is 134 Å². The maximum absolute atomic E-state index is 14.5. The zero-order valence-electron chi connectivity index (χ0n) is 35.0. The molecule has 60 heavy (non-hydrogen) atoms. The quantitative estimate of drug-likeness (QED) is 0.0980. The summed E-state index contributed by atoms with van der Waals surface area (Å²) in [6.45, 7) is 4.58. The number of carboxylic acid groups (broad SMARTS) is 1. The highest BCUT2D eigenvalue weighted by Gasteiger charge is 2.46. The van der Waals surface area contributed by atoms with Crippen LogP contribution in [0.1, 0.15) is 125 Å². The van der Waals surface area contributed by atoms with Crippen molar-refractivity contribution >= 4 is 53.2 Å². The van der Waals surface area contributed by atoms with Gasteiger partial charge in [0.2, 0.25) is 29.5 Å². The van der Waals surface area contributed by atoms with Gasteiger partial charge in [0.15, 0.2) is 5.78 Å². The Kier molecular flexibility index (Phi) is 16.9. The third-order valence-corrected chi connectivity index (χ3v) is 11.7. The fraction of sp³-hybridized carbons (Fsp3) is 0.605. The van der Waals surface area contributed by atoms with Gasteiger partial charge < -0.3 is 41.7 Å². The van der Waals surface area contributed by atoms with E-state index in [4.69, 9.17) is 5.73 Å². The molecule has 2 aliphatic carbocycles. The van der Waals surface area contributed by atoms with Gasteiger partial charge in [-0.3, -0.25) is 33.6 Å². The van der Waals surface area contributed by atoms with Crippen LogP contribution in [0.25, 0.3) is 0 Å². The molecule has 1 aromatic rings. The van der Waals surface area contributed by atoms with Gasteiger partial charge in [0.1, 0.15) is 30.2 Å². The van der Waals surface area contributed by atoms with Gasteiger partial charge in [-0.05, 0) is 67.9 Å². The molecule has 7 N–H and O–H groups in total. The van der Waals surface area contributed by atoms with Gasteiger partial charge in [0.25, 0.3) is 5.91 Å². The van der Waals surface area contributed by atoms with Crippen LogP contribution in [0.4, 0.5) is 0 Å². The average molecular weight is 837 g/mol. The number of amides is 6. The number of aromatic carboxylic acids is 1. The summed E-state index contributed by atoms with van der Waals surface area (Å²) in [7, 11) is 1.19. The van der Waals surface area contributed by atoms with E-state index in [1.165, 1.54) is 37.5 Å². The van der Waals surface area contributed by atoms with Crippen molar-refractivity contribution in [3.8, 4) is 0 Å². The lowest BCUT2D eigenvalue weighted by atomic mass is 9.81. The van der Waals surface area contributed by atoms with E-state index in [1.54, 1.807) is 20.8 Å². The van der Waals surface area contributed by atoms with Crippen molar-refractivity contribution in [3.05, 3.63) is 47.5 Å². The number of benzene rings is 1. The van der Waals surface area contributed by atoms with Crippen molar-refractivity contribution < 1.29 is 53.0 Å². The van der Waals surface area contributed by atoms with Gasteiger partial charge in [-0.1, -0.05) is 77.5 Å². The number of carboxylic acids is 1. The van der Waals surface area contributed by atoms with E-state index >= 15 is 0 Å². The molecule has 0 aromatic heterocycles. The van der Waals surface area contributed by atoms with Gasteiger partial charge in [0, 0.05) is 12.5 Å². The standard InChI is InChI=1S/C43H60N6O11/c1-43(2,3)35(48-38(54)30(21-13-14-22-32(51)60-4)45-37(53)28-19-11-12-20-29(28)42(58)59)41(57)49-24-27(50)23-31(49)39(55)47-34(26-17-9-6-10-18-26)40(56)46-33(36(44)52)25-15-7-5-8-16-25/h11-12,14,19-20,22,25-26,30-31,33-35H,5-10,13,15-18,21,23-24H2,1-4H3,(H2,44,52)(H,45,53)(H,46,56)(H,47,55)(H,48,54)(H,58,59)/b22-14+/t30-,31-,33-,34-,35+/m0/s1. The first-order valence-corrected chi connectivity index (χ1v) is 20.8. The molecular formula is C43H60N6O11. The Morgan fingerprint density at radius 2 is 1.42 bits per heavy atom. The number of rotatable bonds is 17. The molecule has 0 unspecified atom stereocenters. The number of esters is 1. The second-order valence-corrected chi connectivity index (χ2v) is 17.1. The van der Waals surface area contributed by atoms with Gasteiger partial charge >= 0.3 is 11.9 Å². The number of likely N-dealkylation sites (tertiary alicyclic amines) is 1. The summed E-state index contributed by atoms with van der Waals surface area (Å²) in [5.41, 5.74) is 4.26. The van der Waals surface area contributed by atoms with Gasteiger partial charge in [-0.25, -0.2) is 9.59 Å². The van der Waals surface area contributed by atoms with Gasteiger partial charge in [-0.2, -0.15) is 0 Å². The van der Waals surface area contributed by atoms with Gasteiger partial charge in [-0.15, -0.1) is 0 Å². The molecule has 328 valence electrons. The van der Waals surface area contributed by atoms with E-state index in [0.29, 0.717) is 12.8 Å². The predicted molar refractivity (Wildman–Crippen MR) is 218 cm³/mol. The van der Waals surface area contributed by atoms with Crippen LogP contribution >= 0.6 is 0 Å². The van der Waals surface area contributed by atoms with Crippen LogP contribution in [-0.4, -0.2) is 107 Å². The predicted octanol–water partition coefficient (Wildman–Crippen LogP) is 2.31. The first kappa shape index (κ1) is 47.1. The van der Waals surface area contributed by atoms with Crippen LogP contribution in [0.15, 0.2) is 36.4 Å². The minimum absolute atomic E-state index is 0.0828. The fourth-order valence-corrected chi connectivity index (χ4v) is 8.34. The number of nitrogens with one attached hydrogen (secondary N) is 4. The molecule has 4 rings (SSSR count). The summed E-state index contributed by atoms with van der Waals surface area (Å²) in [5.74, 6) is -7.18. The highest BCUT2D eigenvalue weighted by molar-refractivity contribution is 6.06. The Labute approximate surface area is 350 Å². The van der Waals surface area contributed by atoms with E-state index in [0.717, 1.165) is 62.3 Å². The van der Waals surface area contributed by atoms with Crippen molar-refractivity contribution in [1.82, 2.24) is 26.2 Å². The second-order valence-electron chi connectivity index (χ2n) is 17.1. The van der Waals surface area contributed by atoms with Crippen molar-refractivity contribution in [1.29, 1.82) is 0 Å². The largest absolute Gasteiger partial charge is 0.478 e. The third-order valence-electron chi connectivity index (χ3n) is 11.7. The molecular weight excluding hydrogens is 777 g/mol. The molecule has 5 atom stereocenters. The summed E-state index contributed by atoms with van der Waals surface area (Å²) in [5, 5.41) is 20.6. The SMILES string of the molecule is COC(=O)/C=C/CC[C@H](NC(=O)c1ccccc1C(=O)O)C(=O)N[C@H](C(=O)N1CC(=O)C[C@H]1C(=O)N[C@H](C(=O)N[C@H](C(N)=O)C1CCCCC1)C1CCCCC1)C(C)(C)C. The molecule has 1 heterocycles. The zero-order valence-corrected chi connectivity index (χ0v) is 35.0. The number of carbonyl (C=O) groups is 9. The molecule has 17 heteroatoms. The number of carbonyl (C=O) groups excluding carboxylic acids is 8. The fourth-order valence-electron chi connectivity index (χ4n) is 8.34. The van der Waals surface area contributed by atoms with Crippen LogP contribution in [0, 0.1) is 17.3 Å². The Morgan fingerprint density at radius 3 is 1.97 bits per heavy atom. The molecule has 3 aliphatic rings. The van der Waals surface area contributed by atoms with E-state index in [1.807, 2.05) is 0 Å². The lowest BCUT2D eigenvalue weighted by Crippen LogP contribution is -2.62. The number of hydrogen-bond donors (Lipinski definition) is 6. The normalized spacial score (nSPS) is 19.7. The third kappa shape index (κ3) is 12.7. The Hall–Kier alpha value is -5.61.